The minimum absolute atomic E-state index is 0.242. The molecule has 2 saturated heterocycles. The number of piperidine rings is 1. The summed E-state index contributed by atoms with van der Waals surface area (Å²) in [5.74, 6) is 2.87. The van der Waals surface area contributed by atoms with Gasteiger partial charge in [-0.1, -0.05) is 0 Å². The van der Waals surface area contributed by atoms with Crippen LogP contribution in [0.15, 0.2) is 41.4 Å². The molecule has 1 N–H and O–H groups in total. The molecule has 1 aromatic carbocycles. The number of benzene rings is 1. The SMILES string of the molecule is c1cc(-n2cnc3c(Nc4ccc5c(c4)OCO5)nc(N4CCC(N5CCOCC5)CC4)nc32)cs1. The van der Waals surface area contributed by atoms with E-state index in [1.807, 2.05) is 29.1 Å². The van der Waals surface area contributed by atoms with Crippen molar-refractivity contribution >= 4 is 40.0 Å². The number of anilines is 3. The number of thiophene rings is 1. The van der Waals surface area contributed by atoms with Crippen LogP contribution in [0.2, 0.25) is 0 Å². The third-order valence-corrected chi connectivity index (χ3v) is 7.78. The van der Waals surface area contributed by atoms with Crippen molar-refractivity contribution in [3.8, 4) is 17.2 Å². The second kappa shape index (κ2) is 9.23. The van der Waals surface area contributed by atoms with E-state index in [9.17, 15) is 0 Å². The lowest BCUT2D eigenvalue weighted by molar-refractivity contribution is 0.0114. The van der Waals surface area contributed by atoms with Crippen LogP contribution >= 0.6 is 11.3 Å². The molecular formula is C25H27N7O3S. The Labute approximate surface area is 212 Å². The summed E-state index contributed by atoms with van der Waals surface area (Å²) < 4.78 is 18.6. The van der Waals surface area contributed by atoms with E-state index >= 15 is 0 Å². The summed E-state index contributed by atoms with van der Waals surface area (Å²) in [5.41, 5.74) is 3.43. The van der Waals surface area contributed by atoms with Crippen molar-refractivity contribution in [3.63, 3.8) is 0 Å². The van der Waals surface area contributed by atoms with Gasteiger partial charge in [0.2, 0.25) is 12.7 Å². The highest BCUT2D eigenvalue weighted by Gasteiger charge is 2.28. The lowest BCUT2D eigenvalue weighted by Crippen LogP contribution is -2.49. The van der Waals surface area contributed by atoms with Crippen LogP contribution in [0.25, 0.3) is 16.9 Å². The van der Waals surface area contributed by atoms with Crippen LogP contribution in [0.1, 0.15) is 12.8 Å². The molecule has 0 radical (unpaired) electrons. The maximum absolute atomic E-state index is 5.56. The van der Waals surface area contributed by atoms with Gasteiger partial charge in [-0.15, -0.1) is 0 Å². The van der Waals surface area contributed by atoms with Crippen LogP contribution < -0.4 is 19.7 Å². The number of nitrogens with one attached hydrogen (secondary N) is 1. The molecule has 11 heteroatoms. The molecule has 3 aliphatic rings. The van der Waals surface area contributed by atoms with E-state index in [2.05, 4.69) is 36.9 Å². The molecule has 0 aliphatic carbocycles. The minimum Gasteiger partial charge on any atom is -0.454 e. The summed E-state index contributed by atoms with van der Waals surface area (Å²) in [6.45, 7) is 5.80. The molecule has 4 aromatic rings. The standard InChI is InChI=1S/C25H27N7O3S/c1-2-20-21(35-16-34-20)13-17(1)27-23-22-24(32(15-26-22)19-5-12-36-14-19)29-25(28-23)31-6-3-18(4-7-31)30-8-10-33-11-9-30/h1-2,5,12-15,18H,3-4,6-11,16H2,(H,27,28,29). The van der Waals surface area contributed by atoms with Gasteiger partial charge in [0, 0.05) is 49.4 Å². The van der Waals surface area contributed by atoms with Crippen LogP contribution in [-0.4, -0.2) is 76.6 Å². The van der Waals surface area contributed by atoms with Crippen LogP contribution in [-0.2, 0) is 4.74 Å². The largest absolute Gasteiger partial charge is 0.454 e. The van der Waals surface area contributed by atoms with Crippen molar-refractivity contribution < 1.29 is 14.2 Å². The highest BCUT2D eigenvalue weighted by atomic mass is 32.1. The van der Waals surface area contributed by atoms with Crippen molar-refractivity contribution in [2.45, 2.75) is 18.9 Å². The van der Waals surface area contributed by atoms with E-state index in [1.54, 1.807) is 11.3 Å². The summed E-state index contributed by atoms with van der Waals surface area (Å²) in [7, 11) is 0. The average molecular weight is 506 g/mol. The molecule has 10 nitrogen and oxygen atoms in total. The maximum atomic E-state index is 5.56. The number of aromatic nitrogens is 4. The van der Waals surface area contributed by atoms with Crippen LogP contribution in [0.5, 0.6) is 11.5 Å². The Morgan fingerprint density at radius 3 is 2.67 bits per heavy atom. The van der Waals surface area contributed by atoms with Crippen molar-refractivity contribution in [3.05, 3.63) is 41.4 Å². The monoisotopic (exact) mass is 505 g/mol. The van der Waals surface area contributed by atoms with E-state index in [0.717, 1.165) is 92.2 Å². The summed E-state index contributed by atoms with van der Waals surface area (Å²) in [6.07, 6.45) is 4.01. The van der Waals surface area contributed by atoms with E-state index in [1.165, 1.54) is 0 Å². The molecule has 3 aliphatic heterocycles. The number of ether oxygens (including phenoxy) is 3. The van der Waals surface area contributed by atoms with Gasteiger partial charge in [0.15, 0.2) is 28.5 Å². The first kappa shape index (κ1) is 21.8. The first-order chi connectivity index (χ1) is 17.8. The third kappa shape index (κ3) is 4.02. The second-order valence-electron chi connectivity index (χ2n) is 9.20. The van der Waals surface area contributed by atoms with Gasteiger partial charge in [0.1, 0.15) is 6.33 Å². The highest BCUT2D eigenvalue weighted by molar-refractivity contribution is 7.08. The summed E-state index contributed by atoms with van der Waals surface area (Å²) >= 11 is 1.65. The molecule has 0 atom stereocenters. The maximum Gasteiger partial charge on any atom is 0.231 e. The third-order valence-electron chi connectivity index (χ3n) is 7.11. The number of hydrogen-bond acceptors (Lipinski definition) is 10. The summed E-state index contributed by atoms with van der Waals surface area (Å²) in [6, 6.07) is 8.47. The molecule has 0 bridgehead atoms. The van der Waals surface area contributed by atoms with E-state index in [-0.39, 0.29) is 6.79 Å². The number of imidazole rings is 1. The quantitative estimate of drug-likeness (QED) is 0.436. The van der Waals surface area contributed by atoms with Gasteiger partial charge >= 0.3 is 0 Å². The molecular weight excluding hydrogens is 478 g/mol. The molecule has 36 heavy (non-hydrogen) atoms. The zero-order chi connectivity index (χ0) is 23.9. The predicted molar refractivity (Wildman–Crippen MR) is 138 cm³/mol. The van der Waals surface area contributed by atoms with Gasteiger partial charge in [0.25, 0.3) is 0 Å². The van der Waals surface area contributed by atoms with E-state index in [0.29, 0.717) is 11.9 Å². The first-order valence-corrected chi connectivity index (χ1v) is 13.3. The van der Waals surface area contributed by atoms with Crippen molar-refractivity contribution in [2.75, 3.05) is 56.4 Å². The van der Waals surface area contributed by atoms with Crippen molar-refractivity contribution in [2.24, 2.45) is 0 Å². The number of fused-ring (bicyclic) bond motifs is 2. The van der Waals surface area contributed by atoms with Gasteiger partial charge in [-0.05, 0) is 36.4 Å². The second-order valence-corrected chi connectivity index (χ2v) is 9.98. The Bertz CT molecular complexity index is 1360. The molecule has 6 heterocycles. The van der Waals surface area contributed by atoms with Gasteiger partial charge in [-0.2, -0.15) is 21.3 Å². The summed E-state index contributed by atoms with van der Waals surface area (Å²) in [4.78, 5) is 19.5. The molecule has 0 unspecified atom stereocenters. The number of hydrogen-bond donors (Lipinski definition) is 1. The summed E-state index contributed by atoms with van der Waals surface area (Å²) in [5, 5.41) is 7.63. The molecule has 0 saturated carbocycles. The normalized spacial score (nSPS) is 18.7. The fourth-order valence-electron chi connectivity index (χ4n) is 5.19. The van der Waals surface area contributed by atoms with Crippen molar-refractivity contribution in [1.82, 2.24) is 24.4 Å². The average Bonchev–Trinajstić information content (AvgIpc) is 3.70. The molecule has 186 valence electrons. The van der Waals surface area contributed by atoms with E-state index < -0.39 is 0 Å². The lowest BCUT2D eigenvalue weighted by Gasteiger charge is -2.40. The highest BCUT2D eigenvalue weighted by Crippen LogP contribution is 2.36. The number of rotatable bonds is 5. The van der Waals surface area contributed by atoms with Crippen LogP contribution in [0.4, 0.5) is 17.5 Å². The fourth-order valence-corrected chi connectivity index (χ4v) is 5.81. The topological polar surface area (TPSA) is 89.8 Å². The Morgan fingerprint density at radius 2 is 1.83 bits per heavy atom. The first-order valence-electron chi connectivity index (χ1n) is 12.3. The van der Waals surface area contributed by atoms with Gasteiger partial charge in [-0.25, -0.2) is 4.98 Å². The molecule has 0 amide bonds. The zero-order valence-corrected chi connectivity index (χ0v) is 20.6. The molecule has 3 aromatic heterocycles. The zero-order valence-electron chi connectivity index (χ0n) is 19.8. The minimum atomic E-state index is 0.242. The van der Waals surface area contributed by atoms with E-state index in [4.69, 9.17) is 24.2 Å². The van der Waals surface area contributed by atoms with Gasteiger partial charge in [-0.3, -0.25) is 9.47 Å². The fraction of sp³-hybridized carbons (Fsp3) is 0.400. The number of nitrogens with zero attached hydrogens (tertiary/aromatic N) is 6. The smallest absolute Gasteiger partial charge is 0.231 e. The van der Waals surface area contributed by atoms with Gasteiger partial charge < -0.3 is 24.4 Å². The predicted octanol–water partition coefficient (Wildman–Crippen LogP) is 3.65. The van der Waals surface area contributed by atoms with Gasteiger partial charge in [0.05, 0.1) is 18.9 Å². The Morgan fingerprint density at radius 1 is 0.972 bits per heavy atom. The Kier molecular flexibility index (Phi) is 5.60. The number of morpholine rings is 1. The van der Waals surface area contributed by atoms with Crippen molar-refractivity contribution in [1.29, 1.82) is 0 Å². The Balaban J connectivity index is 1.21. The molecule has 7 rings (SSSR count). The molecule has 2 fully saturated rings. The molecule has 0 spiro atoms. The van der Waals surface area contributed by atoms with Crippen LogP contribution in [0.3, 0.4) is 0 Å². The lowest BCUT2D eigenvalue weighted by atomic mass is 10.0. The van der Waals surface area contributed by atoms with Crippen LogP contribution in [0, 0.1) is 0 Å². The Hall–Kier alpha value is -3.41.